The Morgan fingerprint density at radius 2 is 1.96 bits per heavy atom. The van der Waals surface area contributed by atoms with Crippen molar-refractivity contribution in [2.24, 2.45) is 0 Å². The number of carbonyl (C=O) groups excluding carboxylic acids is 1. The van der Waals surface area contributed by atoms with Crippen molar-refractivity contribution in [2.75, 3.05) is 32.6 Å². The number of carbonyl (C=O) groups is 1. The van der Waals surface area contributed by atoms with Gasteiger partial charge >= 0.3 is 0 Å². The molecule has 128 valence electrons. The van der Waals surface area contributed by atoms with Gasteiger partial charge in [0.15, 0.2) is 11.5 Å². The summed E-state index contributed by atoms with van der Waals surface area (Å²) in [5, 5.41) is 6.81. The van der Waals surface area contributed by atoms with E-state index in [1.165, 1.54) is 6.08 Å². The number of fused-ring (bicyclic) bond motifs is 1. The fraction of sp³-hybridized carbons (Fsp3) is 0.312. The summed E-state index contributed by atoms with van der Waals surface area (Å²) >= 11 is 5.99. The van der Waals surface area contributed by atoms with Gasteiger partial charge in [0.1, 0.15) is 5.82 Å². The van der Waals surface area contributed by atoms with Crippen molar-refractivity contribution in [3.63, 3.8) is 0 Å². The van der Waals surface area contributed by atoms with Crippen LogP contribution in [0.4, 0.5) is 5.82 Å². The number of halogens is 1. The fourth-order valence-electron chi connectivity index (χ4n) is 2.14. The predicted molar refractivity (Wildman–Crippen MR) is 94.0 cm³/mol. The van der Waals surface area contributed by atoms with E-state index in [1.54, 1.807) is 26.4 Å². The SMILES string of the molecule is C=CC(=O)NCCCNc1nc(Cl)nc2cc(OC)c(OC)cc12. The lowest BCUT2D eigenvalue weighted by Gasteiger charge is -2.12. The number of hydrogen-bond donors (Lipinski definition) is 2. The summed E-state index contributed by atoms with van der Waals surface area (Å²) in [6.45, 7) is 4.54. The number of hydrogen-bond acceptors (Lipinski definition) is 6. The Morgan fingerprint density at radius 1 is 1.25 bits per heavy atom. The van der Waals surface area contributed by atoms with Crippen molar-refractivity contribution in [1.82, 2.24) is 15.3 Å². The standard InChI is InChI=1S/C16H19ClN4O3/c1-4-14(22)18-6-5-7-19-15-10-8-12(23-2)13(24-3)9-11(10)20-16(17)21-15/h4,8-9H,1,5-7H2,2-3H3,(H,18,22)(H,19,20,21). The first-order valence-electron chi connectivity index (χ1n) is 7.32. The normalized spacial score (nSPS) is 10.3. The molecule has 2 aromatic rings. The van der Waals surface area contributed by atoms with E-state index >= 15 is 0 Å². The molecule has 0 unspecified atom stereocenters. The summed E-state index contributed by atoms with van der Waals surface area (Å²) in [5.74, 6) is 1.55. The van der Waals surface area contributed by atoms with Gasteiger partial charge in [-0.15, -0.1) is 0 Å². The first kappa shape index (κ1) is 17.8. The maximum Gasteiger partial charge on any atom is 0.243 e. The van der Waals surface area contributed by atoms with Crippen LogP contribution in [-0.2, 0) is 4.79 Å². The Morgan fingerprint density at radius 3 is 2.62 bits per heavy atom. The van der Waals surface area contributed by atoms with Crippen molar-refractivity contribution in [2.45, 2.75) is 6.42 Å². The van der Waals surface area contributed by atoms with Crippen molar-refractivity contribution in [3.8, 4) is 11.5 Å². The average Bonchev–Trinajstić information content (AvgIpc) is 2.59. The quantitative estimate of drug-likeness (QED) is 0.432. The first-order valence-corrected chi connectivity index (χ1v) is 7.70. The highest BCUT2D eigenvalue weighted by molar-refractivity contribution is 6.28. The van der Waals surface area contributed by atoms with Crippen LogP contribution in [0.2, 0.25) is 5.28 Å². The van der Waals surface area contributed by atoms with Crippen LogP contribution in [0.1, 0.15) is 6.42 Å². The number of ether oxygens (including phenoxy) is 2. The molecular formula is C16H19ClN4O3. The Kier molecular flexibility index (Phi) is 6.20. The van der Waals surface area contributed by atoms with Gasteiger partial charge in [-0.2, -0.15) is 0 Å². The van der Waals surface area contributed by atoms with Gasteiger partial charge in [-0.1, -0.05) is 6.58 Å². The molecule has 24 heavy (non-hydrogen) atoms. The molecule has 2 rings (SSSR count). The van der Waals surface area contributed by atoms with Crippen molar-refractivity contribution >= 4 is 34.2 Å². The molecule has 7 nitrogen and oxygen atoms in total. The van der Waals surface area contributed by atoms with Gasteiger partial charge in [0.05, 0.1) is 19.7 Å². The molecule has 2 N–H and O–H groups in total. The summed E-state index contributed by atoms with van der Waals surface area (Å²) < 4.78 is 10.6. The molecule has 1 aromatic carbocycles. The third-order valence-electron chi connectivity index (χ3n) is 3.30. The number of nitrogens with zero attached hydrogens (tertiary/aromatic N) is 2. The average molecular weight is 351 g/mol. The maximum atomic E-state index is 11.1. The van der Waals surface area contributed by atoms with E-state index < -0.39 is 0 Å². The molecule has 0 aliphatic rings. The van der Waals surface area contributed by atoms with Crippen LogP contribution >= 0.6 is 11.6 Å². The molecule has 1 aromatic heterocycles. The number of nitrogens with one attached hydrogen (secondary N) is 2. The maximum absolute atomic E-state index is 11.1. The molecular weight excluding hydrogens is 332 g/mol. The molecule has 0 aliphatic heterocycles. The highest BCUT2D eigenvalue weighted by Gasteiger charge is 2.12. The van der Waals surface area contributed by atoms with E-state index in [4.69, 9.17) is 21.1 Å². The summed E-state index contributed by atoms with van der Waals surface area (Å²) in [4.78, 5) is 19.5. The lowest BCUT2D eigenvalue weighted by atomic mass is 10.2. The number of anilines is 1. The van der Waals surface area contributed by atoms with E-state index in [0.29, 0.717) is 35.9 Å². The molecule has 0 bridgehead atoms. The fourth-order valence-corrected chi connectivity index (χ4v) is 2.32. The molecule has 0 saturated heterocycles. The lowest BCUT2D eigenvalue weighted by molar-refractivity contribution is -0.116. The van der Waals surface area contributed by atoms with Crippen LogP contribution in [0, 0.1) is 0 Å². The Hall–Kier alpha value is -2.54. The number of amides is 1. The summed E-state index contributed by atoms with van der Waals surface area (Å²) in [6, 6.07) is 3.55. The van der Waals surface area contributed by atoms with Gasteiger partial charge in [-0.05, 0) is 30.2 Å². The van der Waals surface area contributed by atoms with Crippen LogP contribution < -0.4 is 20.1 Å². The van der Waals surface area contributed by atoms with Crippen LogP contribution in [0.3, 0.4) is 0 Å². The van der Waals surface area contributed by atoms with E-state index in [9.17, 15) is 4.79 Å². The highest BCUT2D eigenvalue weighted by Crippen LogP contribution is 2.34. The topological polar surface area (TPSA) is 85.4 Å². The second kappa shape index (κ2) is 8.35. The van der Waals surface area contributed by atoms with Crippen LogP contribution in [0.15, 0.2) is 24.8 Å². The summed E-state index contributed by atoms with van der Waals surface area (Å²) in [7, 11) is 3.12. The minimum Gasteiger partial charge on any atom is -0.493 e. The second-order valence-corrected chi connectivity index (χ2v) is 5.18. The van der Waals surface area contributed by atoms with Crippen LogP contribution in [0.25, 0.3) is 10.9 Å². The summed E-state index contributed by atoms with van der Waals surface area (Å²) in [5.41, 5.74) is 0.648. The van der Waals surface area contributed by atoms with Crippen molar-refractivity contribution < 1.29 is 14.3 Å². The van der Waals surface area contributed by atoms with Crippen molar-refractivity contribution in [3.05, 3.63) is 30.1 Å². The highest BCUT2D eigenvalue weighted by atomic mass is 35.5. The number of rotatable bonds is 8. The molecule has 0 fully saturated rings. The number of benzene rings is 1. The van der Waals surface area contributed by atoms with Crippen molar-refractivity contribution in [1.29, 1.82) is 0 Å². The third-order valence-corrected chi connectivity index (χ3v) is 3.47. The first-order chi connectivity index (χ1) is 11.6. The molecule has 0 radical (unpaired) electrons. The number of methoxy groups -OCH3 is 2. The smallest absolute Gasteiger partial charge is 0.243 e. The van der Waals surface area contributed by atoms with Gasteiger partial charge in [0, 0.05) is 24.5 Å². The molecule has 0 atom stereocenters. The molecule has 1 heterocycles. The van der Waals surface area contributed by atoms with E-state index in [-0.39, 0.29) is 11.2 Å². The second-order valence-electron chi connectivity index (χ2n) is 4.84. The zero-order valence-corrected chi connectivity index (χ0v) is 14.3. The molecule has 0 saturated carbocycles. The summed E-state index contributed by atoms with van der Waals surface area (Å²) in [6.07, 6.45) is 1.96. The zero-order valence-electron chi connectivity index (χ0n) is 13.6. The zero-order chi connectivity index (χ0) is 17.5. The molecule has 8 heteroatoms. The molecule has 0 aliphatic carbocycles. The predicted octanol–water partition coefficient (Wildman–Crippen LogP) is 2.40. The lowest BCUT2D eigenvalue weighted by Crippen LogP contribution is -2.23. The van der Waals surface area contributed by atoms with Gasteiger partial charge in [0.2, 0.25) is 11.2 Å². The van der Waals surface area contributed by atoms with E-state index in [2.05, 4.69) is 27.2 Å². The van der Waals surface area contributed by atoms with Gasteiger partial charge in [0.25, 0.3) is 0 Å². The largest absolute Gasteiger partial charge is 0.493 e. The van der Waals surface area contributed by atoms with E-state index in [1.807, 2.05) is 0 Å². The Labute approximate surface area is 145 Å². The number of aromatic nitrogens is 2. The van der Waals surface area contributed by atoms with E-state index in [0.717, 1.165) is 11.8 Å². The Balaban J connectivity index is 2.16. The van der Waals surface area contributed by atoms with Crippen LogP contribution in [-0.4, -0.2) is 43.2 Å². The van der Waals surface area contributed by atoms with Gasteiger partial charge in [-0.3, -0.25) is 4.79 Å². The minimum atomic E-state index is -0.192. The van der Waals surface area contributed by atoms with Gasteiger partial charge in [-0.25, -0.2) is 9.97 Å². The Bertz CT molecular complexity index is 752. The third kappa shape index (κ3) is 4.26. The van der Waals surface area contributed by atoms with Gasteiger partial charge < -0.3 is 20.1 Å². The molecule has 1 amide bonds. The molecule has 0 spiro atoms. The monoisotopic (exact) mass is 350 g/mol. The van der Waals surface area contributed by atoms with Crippen LogP contribution in [0.5, 0.6) is 11.5 Å². The minimum absolute atomic E-state index is 0.136.